The highest BCUT2D eigenvalue weighted by Gasteiger charge is 2.29. The monoisotopic (exact) mass is 410 g/mol. The first kappa shape index (κ1) is 21.8. The Kier molecular flexibility index (Phi) is 7.12. The normalized spacial score (nSPS) is 11.2. The summed E-state index contributed by atoms with van der Waals surface area (Å²) in [6.45, 7) is 2.61. The molecule has 2 amide bonds. The number of hydrogen-bond acceptors (Lipinski definition) is 3. The minimum atomic E-state index is -4.36. The van der Waals surface area contributed by atoms with Crippen LogP contribution in [0.4, 0.5) is 13.2 Å². The Balaban J connectivity index is 2.08. The van der Waals surface area contributed by atoms with E-state index < -0.39 is 5.51 Å². The lowest BCUT2D eigenvalue weighted by atomic mass is 10.1. The number of thioether (sulfide) groups is 1. The van der Waals surface area contributed by atoms with Gasteiger partial charge in [-0.3, -0.25) is 9.59 Å². The fourth-order valence-corrected chi connectivity index (χ4v) is 3.08. The Hall–Kier alpha value is -2.48. The topological polar surface area (TPSA) is 40.6 Å². The average molecular weight is 410 g/mol. The molecule has 8 heteroatoms. The van der Waals surface area contributed by atoms with Gasteiger partial charge in [0.25, 0.3) is 11.8 Å². The smallest absolute Gasteiger partial charge is 0.345 e. The lowest BCUT2D eigenvalue weighted by Crippen LogP contribution is -2.30. The third-order valence-corrected chi connectivity index (χ3v) is 4.72. The van der Waals surface area contributed by atoms with Gasteiger partial charge in [0, 0.05) is 43.2 Å². The Morgan fingerprint density at radius 1 is 0.893 bits per heavy atom. The zero-order chi connectivity index (χ0) is 20.9. The second-order valence-electron chi connectivity index (χ2n) is 6.29. The molecule has 2 aromatic rings. The van der Waals surface area contributed by atoms with E-state index in [0.717, 1.165) is 5.56 Å². The van der Waals surface area contributed by atoms with Crippen molar-refractivity contribution >= 4 is 23.6 Å². The summed E-state index contributed by atoms with van der Waals surface area (Å²) >= 11 is -0.212. The molecule has 0 unspecified atom stereocenters. The lowest BCUT2D eigenvalue weighted by molar-refractivity contribution is -0.0328. The van der Waals surface area contributed by atoms with Crippen molar-refractivity contribution in [3.63, 3.8) is 0 Å². The summed E-state index contributed by atoms with van der Waals surface area (Å²) in [6.07, 6.45) is 0. The first-order chi connectivity index (χ1) is 13.1. The fraction of sp³-hybridized carbons (Fsp3) is 0.300. The van der Waals surface area contributed by atoms with Crippen molar-refractivity contribution in [2.24, 2.45) is 0 Å². The molecule has 28 heavy (non-hydrogen) atoms. The highest BCUT2D eigenvalue weighted by atomic mass is 32.2. The summed E-state index contributed by atoms with van der Waals surface area (Å²) in [5.74, 6) is -0.369. The van der Waals surface area contributed by atoms with E-state index in [1.807, 2.05) is 6.92 Å². The molecule has 4 nitrogen and oxygen atoms in total. The summed E-state index contributed by atoms with van der Waals surface area (Å²) in [5.41, 5.74) is -2.62. The molecule has 0 radical (unpaired) electrons. The third kappa shape index (κ3) is 6.02. The van der Waals surface area contributed by atoms with Crippen molar-refractivity contribution in [3.05, 3.63) is 65.2 Å². The van der Waals surface area contributed by atoms with Crippen molar-refractivity contribution in [3.8, 4) is 0 Å². The van der Waals surface area contributed by atoms with Crippen LogP contribution in [0, 0.1) is 0 Å². The van der Waals surface area contributed by atoms with Crippen molar-refractivity contribution in [2.75, 3.05) is 20.6 Å². The van der Waals surface area contributed by atoms with Gasteiger partial charge in [0.05, 0.1) is 0 Å². The van der Waals surface area contributed by atoms with Crippen LogP contribution in [0.1, 0.15) is 33.2 Å². The Morgan fingerprint density at radius 2 is 1.39 bits per heavy atom. The molecule has 2 aromatic carbocycles. The van der Waals surface area contributed by atoms with Crippen LogP contribution in [0.15, 0.2) is 53.4 Å². The second-order valence-corrected chi connectivity index (χ2v) is 7.43. The van der Waals surface area contributed by atoms with Crippen LogP contribution in [-0.2, 0) is 6.54 Å². The number of hydrogen-bond donors (Lipinski definition) is 0. The molecular weight excluding hydrogens is 389 g/mol. The number of carbonyl (C=O) groups excluding carboxylic acids is 2. The zero-order valence-electron chi connectivity index (χ0n) is 15.8. The molecule has 0 N–H and O–H groups in total. The quantitative estimate of drug-likeness (QED) is 0.651. The van der Waals surface area contributed by atoms with Crippen LogP contribution in [0.5, 0.6) is 0 Å². The number of halogens is 3. The van der Waals surface area contributed by atoms with E-state index in [-0.39, 0.29) is 28.5 Å². The molecule has 0 spiro atoms. The van der Waals surface area contributed by atoms with Crippen molar-refractivity contribution in [2.45, 2.75) is 23.9 Å². The van der Waals surface area contributed by atoms with Crippen LogP contribution in [0.25, 0.3) is 0 Å². The Labute approximate surface area is 166 Å². The molecule has 0 aromatic heterocycles. The molecule has 0 atom stereocenters. The summed E-state index contributed by atoms with van der Waals surface area (Å²) in [4.78, 5) is 27.7. The lowest BCUT2D eigenvalue weighted by Gasteiger charge is -2.21. The van der Waals surface area contributed by atoms with Gasteiger partial charge in [-0.05, 0) is 60.6 Å². The van der Waals surface area contributed by atoms with Gasteiger partial charge in [-0.25, -0.2) is 0 Å². The maximum atomic E-state index is 12.7. The fourth-order valence-electron chi connectivity index (χ4n) is 2.54. The van der Waals surface area contributed by atoms with Crippen molar-refractivity contribution in [1.82, 2.24) is 9.80 Å². The standard InChI is InChI=1S/C20H21F3N2O2S/c1-4-25(13-14-5-7-15(8-6-14)18(26)24(2)3)19(27)16-9-11-17(12-10-16)28-20(21,22)23/h5-12H,4,13H2,1-3H3. The largest absolute Gasteiger partial charge is 0.446 e. The van der Waals surface area contributed by atoms with Gasteiger partial charge in [0.15, 0.2) is 0 Å². The maximum absolute atomic E-state index is 12.7. The Morgan fingerprint density at radius 3 is 1.86 bits per heavy atom. The van der Waals surface area contributed by atoms with E-state index in [1.54, 1.807) is 43.3 Å². The second kappa shape index (κ2) is 9.14. The molecule has 0 fully saturated rings. The first-order valence-electron chi connectivity index (χ1n) is 8.56. The van der Waals surface area contributed by atoms with Gasteiger partial charge in [0.1, 0.15) is 0 Å². The van der Waals surface area contributed by atoms with Crippen LogP contribution in [0.2, 0.25) is 0 Å². The van der Waals surface area contributed by atoms with E-state index in [0.29, 0.717) is 24.2 Å². The number of rotatable bonds is 6. The summed E-state index contributed by atoms with van der Waals surface area (Å²) in [6, 6.07) is 12.4. The van der Waals surface area contributed by atoms with E-state index in [1.165, 1.54) is 29.2 Å². The zero-order valence-corrected chi connectivity index (χ0v) is 16.6. The minimum Gasteiger partial charge on any atom is -0.345 e. The number of amides is 2. The molecule has 0 aliphatic carbocycles. The molecule has 0 saturated carbocycles. The van der Waals surface area contributed by atoms with Gasteiger partial charge in [-0.15, -0.1) is 0 Å². The molecule has 0 bridgehead atoms. The van der Waals surface area contributed by atoms with Gasteiger partial charge in [-0.2, -0.15) is 13.2 Å². The minimum absolute atomic E-state index is 0.0354. The summed E-state index contributed by atoms with van der Waals surface area (Å²) < 4.78 is 37.2. The average Bonchev–Trinajstić information content (AvgIpc) is 2.64. The molecule has 0 heterocycles. The van der Waals surface area contributed by atoms with Crippen LogP contribution in [-0.4, -0.2) is 47.8 Å². The summed E-state index contributed by atoms with van der Waals surface area (Å²) in [7, 11) is 3.35. The van der Waals surface area contributed by atoms with Crippen molar-refractivity contribution < 1.29 is 22.8 Å². The van der Waals surface area contributed by atoms with E-state index in [9.17, 15) is 22.8 Å². The molecule has 0 aliphatic heterocycles. The highest BCUT2D eigenvalue weighted by molar-refractivity contribution is 8.00. The van der Waals surface area contributed by atoms with E-state index in [2.05, 4.69) is 0 Å². The summed E-state index contributed by atoms with van der Waals surface area (Å²) in [5, 5.41) is 0. The predicted octanol–water partition coefficient (Wildman–Crippen LogP) is 4.66. The highest BCUT2D eigenvalue weighted by Crippen LogP contribution is 2.36. The third-order valence-electron chi connectivity index (χ3n) is 3.98. The van der Waals surface area contributed by atoms with E-state index in [4.69, 9.17) is 0 Å². The van der Waals surface area contributed by atoms with Crippen LogP contribution < -0.4 is 0 Å². The molecule has 0 saturated heterocycles. The molecule has 0 aliphatic rings. The molecule has 2 rings (SSSR count). The van der Waals surface area contributed by atoms with Crippen LogP contribution in [0.3, 0.4) is 0 Å². The van der Waals surface area contributed by atoms with Gasteiger partial charge < -0.3 is 9.80 Å². The van der Waals surface area contributed by atoms with E-state index >= 15 is 0 Å². The van der Waals surface area contributed by atoms with Gasteiger partial charge >= 0.3 is 5.51 Å². The van der Waals surface area contributed by atoms with Gasteiger partial charge in [0.2, 0.25) is 0 Å². The molecule has 150 valence electrons. The number of benzene rings is 2. The first-order valence-corrected chi connectivity index (χ1v) is 9.38. The number of alkyl halides is 3. The predicted molar refractivity (Wildman–Crippen MR) is 103 cm³/mol. The SMILES string of the molecule is CCN(Cc1ccc(C(=O)N(C)C)cc1)C(=O)c1ccc(SC(F)(F)F)cc1. The van der Waals surface area contributed by atoms with Crippen molar-refractivity contribution in [1.29, 1.82) is 0 Å². The number of nitrogens with zero attached hydrogens (tertiary/aromatic N) is 2. The molecular formula is C20H21F3N2O2S. The Bertz CT molecular complexity index is 819. The van der Waals surface area contributed by atoms with Crippen LogP contribution >= 0.6 is 11.8 Å². The number of carbonyl (C=O) groups is 2. The maximum Gasteiger partial charge on any atom is 0.446 e. The van der Waals surface area contributed by atoms with Gasteiger partial charge in [-0.1, -0.05) is 12.1 Å².